The number of benzene rings is 2. The Kier molecular flexibility index (Phi) is 2.82. The number of hydrogen-bond acceptors (Lipinski definition) is 3. The molecule has 1 aliphatic heterocycles. The summed E-state index contributed by atoms with van der Waals surface area (Å²) in [5.41, 5.74) is 2.80. The van der Waals surface area contributed by atoms with Crippen LogP contribution in [0, 0.1) is 6.92 Å². The van der Waals surface area contributed by atoms with Crippen LogP contribution in [0.3, 0.4) is 0 Å². The van der Waals surface area contributed by atoms with Gasteiger partial charge in [-0.3, -0.25) is 0 Å². The average Bonchev–Trinajstić information content (AvgIpc) is 2.77. The zero-order valence-corrected chi connectivity index (χ0v) is 10.1. The van der Waals surface area contributed by atoms with Crippen molar-refractivity contribution in [1.82, 2.24) is 0 Å². The Hall–Kier alpha value is -1.78. The molecular weight excluding hydrogens is 227 g/mol. The van der Waals surface area contributed by atoms with Crippen LogP contribution in [0.15, 0.2) is 42.5 Å². The van der Waals surface area contributed by atoms with E-state index in [1.54, 1.807) is 0 Å². The molecule has 0 atom stereocenters. The Labute approximate surface area is 106 Å². The highest BCUT2D eigenvalue weighted by Gasteiger charge is 2.30. The van der Waals surface area contributed by atoms with E-state index in [0.29, 0.717) is 6.61 Å². The first-order valence-electron chi connectivity index (χ1n) is 5.90. The molecule has 2 aromatic rings. The fourth-order valence-electron chi connectivity index (χ4n) is 2.21. The lowest BCUT2D eigenvalue weighted by Gasteiger charge is -2.12. The lowest BCUT2D eigenvalue weighted by molar-refractivity contribution is 0.275. The van der Waals surface area contributed by atoms with Gasteiger partial charge in [0.15, 0.2) is 0 Å². The molecule has 18 heavy (non-hydrogen) atoms. The van der Waals surface area contributed by atoms with Gasteiger partial charge in [0.25, 0.3) is 0 Å². The van der Waals surface area contributed by atoms with Gasteiger partial charge in [0, 0.05) is 0 Å². The summed E-state index contributed by atoms with van der Waals surface area (Å²) in [5.74, 6) is 1.54. The van der Waals surface area contributed by atoms with Crippen LogP contribution >= 0.6 is 0 Å². The van der Waals surface area contributed by atoms with Gasteiger partial charge in [0.2, 0.25) is 0 Å². The molecule has 0 aromatic heterocycles. The smallest absolute Gasteiger partial charge is 0.457 e. The minimum atomic E-state index is -0.834. The Bertz CT molecular complexity index is 569. The second kappa shape index (κ2) is 4.48. The van der Waals surface area contributed by atoms with Gasteiger partial charge in [-0.2, -0.15) is 0 Å². The molecule has 90 valence electrons. The van der Waals surface area contributed by atoms with Crippen molar-refractivity contribution in [2.45, 2.75) is 13.5 Å². The maximum absolute atomic E-state index is 9.77. The first-order valence-corrected chi connectivity index (χ1v) is 5.90. The first-order chi connectivity index (χ1) is 8.75. The highest BCUT2D eigenvalue weighted by Crippen LogP contribution is 2.26. The van der Waals surface area contributed by atoms with E-state index in [2.05, 4.69) is 0 Å². The summed E-state index contributed by atoms with van der Waals surface area (Å²) in [6.45, 7) is 2.40. The number of rotatable bonds is 2. The van der Waals surface area contributed by atoms with Crippen molar-refractivity contribution in [3.63, 3.8) is 0 Å². The fourth-order valence-corrected chi connectivity index (χ4v) is 2.21. The van der Waals surface area contributed by atoms with Gasteiger partial charge in [-0.15, -0.1) is 0 Å². The molecule has 1 heterocycles. The molecule has 0 spiro atoms. The van der Waals surface area contributed by atoms with E-state index >= 15 is 0 Å². The van der Waals surface area contributed by atoms with E-state index in [-0.39, 0.29) is 0 Å². The zero-order valence-electron chi connectivity index (χ0n) is 10.1. The van der Waals surface area contributed by atoms with Crippen molar-refractivity contribution in [1.29, 1.82) is 0 Å². The SMILES string of the molecule is Cc1c(Oc2ccccc2)ccc2c1B(O)OC2. The van der Waals surface area contributed by atoms with E-state index in [0.717, 1.165) is 28.1 Å². The monoisotopic (exact) mass is 240 g/mol. The summed E-state index contributed by atoms with van der Waals surface area (Å²) in [4.78, 5) is 0. The minimum absolute atomic E-state index is 0.461. The molecular formula is C14H13BO3. The van der Waals surface area contributed by atoms with E-state index in [1.165, 1.54) is 0 Å². The minimum Gasteiger partial charge on any atom is -0.457 e. The molecule has 0 saturated heterocycles. The predicted molar refractivity (Wildman–Crippen MR) is 70.1 cm³/mol. The molecule has 0 amide bonds. The van der Waals surface area contributed by atoms with Gasteiger partial charge in [0.1, 0.15) is 11.5 Å². The van der Waals surface area contributed by atoms with E-state index in [4.69, 9.17) is 9.39 Å². The Morgan fingerprint density at radius 1 is 1.17 bits per heavy atom. The maximum Gasteiger partial charge on any atom is 0.492 e. The summed E-state index contributed by atoms with van der Waals surface area (Å²) in [6.07, 6.45) is 0. The molecule has 1 aliphatic rings. The molecule has 0 radical (unpaired) electrons. The quantitative estimate of drug-likeness (QED) is 0.816. The van der Waals surface area contributed by atoms with Gasteiger partial charge >= 0.3 is 7.12 Å². The lowest BCUT2D eigenvalue weighted by atomic mass is 9.76. The van der Waals surface area contributed by atoms with Crippen molar-refractivity contribution in [2.24, 2.45) is 0 Å². The largest absolute Gasteiger partial charge is 0.492 e. The summed E-state index contributed by atoms with van der Waals surface area (Å²) in [6, 6.07) is 13.5. The van der Waals surface area contributed by atoms with E-state index < -0.39 is 7.12 Å². The van der Waals surface area contributed by atoms with Gasteiger partial charge in [-0.1, -0.05) is 24.3 Å². The van der Waals surface area contributed by atoms with E-state index in [1.807, 2.05) is 49.4 Å². The third kappa shape index (κ3) is 1.90. The highest BCUT2D eigenvalue weighted by molar-refractivity contribution is 6.62. The summed E-state index contributed by atoms with van der Waals surface area (Å²) in [7, 11) is -0.834. The molecule has 2 aromatic carbocycles. The number of ether oxygens (including phenoxy) is 1. The molecule has 0 saturated carbocycles. The third-order valence-corrected chi connectivity index (χ3v) is 3.17. The van der Waals surface area contributed by atoms with Gasteiger partial charge < -0.3 is 14.4 Å². The lowest BCUT2D eigenvalue weighted by Crippen LogP contribution is -2.30. The summed E-state index contributed by atoms with van der Waals surface area (Å²) >= 11 is 0. The third-order valence-electron chi connectivity index (χ3n) is 3.17. The van der Waals surface area contributed by atoms with Crippen LogP contribution in [0.5, 0.6) is 11.5 Å². The molecule has 4 heteroatoms. The van der Waals surface area contributed by atoms with Crippen molar-refractivity contribution >= 4 is 12.6 Å². The van der Waals surface area contributed by atoms with Crippen molar-refractivity contribution < 1.29 is 14.4 Å². The fraction of sp³-hybridized carbons (Fsp3) is 0.143. The first kappa shape index (κ1) is 11.3. The zero-order chi connectivity index (χ0) is 12.5. The van der Waals surface area contributed by atoms with Crippen LogP contribution in [-0.4, -0.2) is 12.1 Å². The van der Waals surface area contributed by atoms with Crippen molar-refractivity contribution in [2.75, 3.05) is 0 Å². The molecule has 0 bridgehead atoms. The van der Waals surface area contributed by atoms with Crippen LogP contribution in [0.25, 0.3) is 0 Å². The topological polar surface area (TPSA) is 38.7 Å². The normalized spacial score (nSPS) is 13.6. The molecule has 3 nitrogen and oxygen atoms in total. The van der Waals surface area contributed by atoms with Gasteiger partial charge in [0.05, 0.1) is 6.61 Å². The predicted octanol–water partition coefficient (Wildman–Crippen LogP) is 2.01. The molecule has 0 unspecified atom stereocenters. The second-order valence-corrected chi connectivity index (χ2v) is 4.34. The number of fused-ring (bicyclic) bond motifs is 1. The molecule has 0 aliphatic carbocycles. The maximum atomic E-state index is 9.77. The van der Waals surface area contributed by atoms with Crippen LogP contribution in [0.1, 0.15) is 11.1 Å². The Balaban J connectivity index is 1.97. The molecule has 0 fully saturated rings. The molecule has 3 rings (SSSR count). The average molecular weight is 240 g/mol. The Morgan fingerprint density at radius 3 is 2.72 bits per heavy atom. The van der Waals surface area contributed by atoms with Gasteiger partial charge in [-0.05, 0) is 41.7 Å². The number of para-hydroxylation sites is 1. The van der Waals surface area contributed by atoms with Gasteiger partial charge in [-0.25, -0.2) is 0 Å². The Morgan fingerprint density at radius 2 is 1.94 bits per heavy atom. The van der Waals surface area contributed by atoms with Crippen molar-refractivity contribution in [3.05, 3.63) is 53.6 Å². The van der Waals surface area contributed by atoms with Crippen LogP contribution in [-0.2, 0) is 11.3 Å². The standard InChI is InChI=1S/C14H13BO3/c1-10-13(18-12-5-3-2-4-6-12)8-7-11-9-17-15(16)14(10)11/h2-8,16H,9H2,1H3. The summed E-state index contributed by atoms with van der Waals surface area (Å²) < 4.78 is 11.0. The van der Waals surface area contributed by atoms with Crippen LogP contribution in [0.2, 0.25) is 0 Å². The van der Waals surface area contributed by atoms with Crippen LogP contribution in [0.4, 0.5) is 0 Å². The number of hydrogen-bond donors (Lipinski definition) is 1. The van der Waals surface area contributed by atoms with E-state index in [9.17, 15) is 5.02 Å². The van der Waals surface area contributed by atoms with Crippen molar-refractivity contribution in [3.8, 4) is 11.5 Å². The van der Waals surface area contributed by atoms with Crippen LogP contribution < -0.4 is 10.2 Å². The summed E-state index contributed by atoms with van der Waals surface area (Å²) in [5, 5.41) is 9.77. The molecule has 1 N–H and O–H groups in total. The second-order valence-electron chi connectivity index (χ2n) is 4.34. The highest BCUT2D eigenvalue weighted by atomic mass is 16.5.